The number of hydrogen-bond donors (Lipinski definition) is 5. The minimum Gasteiger partial charge on any atom is -0.478 e. The van der Waals surface area contributed by atoms with E-state index in [2.05, 4.69) is 35.2 Å². The second-order valence-electron chi connectivity index (χ2n) is 18.7. The van der Waals surface area contributed by atoms with Gasteiger partial charge in [0.05, 0.1) is 33.6 Å². The van der Waals surface area contributed by atoms with Gasteiger partial charge in [-0.2, -0.15) is 26.3 Å². The highest BCUT2D eigenvalue weighted by Crippen LogP contribution is 2.41. The fourth-order valence-corrected chi connectivity index (χ4v) is 8.14. The number of hydrogen-bond acceptors (Lipinski definition) is 15. The molecule has 0 unspecified atom stereocenters. The first-order chi connectivity index (χ1) is 40.7. The van der Waals surface area contributed by atoms with E-state index < -0.39 is 29.4 Å². The third kappa shape index (κ3) is 17.0. The summed E-state index contributed by atoms with van der Waals surface area (Å²) < 4.78 is 94.3. The van der Waals surface area contributed by atoms with Gasteiger partial charge in [0.25, 0.3) is 5.91 Å². The number of fused-ring (bicyclic) bond motifs is 2. The molecule has 2 aromatic carbocycles. The molecule has 8 heterocycles. The van der Waals surface area contributed by atoms with Crippen LogP contribution in [0.1, 0.15) is 78.5 Å². The monoisotopic (exact) mass is 1160 g/mol. The summed E-state index contributed by atoms with van der Waals surface area (Å²) >= 11 is 0. The summed E-state index contributed by atoms with van der Waals surface area (Å²) in [6, 6.07) is 27.5. The van der Waals surface area contributed by atoms with Crippen LogP contribution < -0.4 is 22.5 Å². The van der Waals surface area contributed by atoms with Crippen molar-refractivity contribution < 1.29 is 59.5 Å². The van der Waals surface area contributed by atoms with Gasteiger partial charge in [0.15, 0.2) is 11.6 Å². The molecular formula is C62H50F6N10O7. The molecule has 0 spiro atoms. The number of furan rings is 2. The molecule has 17 nitrogen and oxygen atoms in total. The van der Waals surface area contributed by atoms with Crippen molar-refractivity contribution in [3.8, 4) is 22.5 Å². The third-order valence-corrected chi connectivity index (χ3v) is 12.5. The second-order valence-corrected chi connectivity index (χ2v) is 18.7. The number of carbonyl (C=O) groups is 4. The molecule has 8 aromatic heterocycles. The number of nitrogens with zero attached hydrogens (tertiary/aromatic N) is 6. The van der Waals surface area contributed by atoms with Gasteiger partial charge in [0.1, 0.15) is 34.3 Å². The molecule has 0 atom stereocenters. The number of allylic oxidation sites excluding steroid dienone is 2. The van der Waals surface area contributed by atoms with Crippen LogP contribution in [0.3, 0.4) is 0 Å². The first-order valence-electron chi connectivity index (χ1n) is 25.7. The largest absolute Gasteiger partial charge is 0.478 e. The number of carboxylic acids is 1. The lowest BCUT2D eigenvalue weighted by Crippen LogP contribution is -2.22. The van der Waals surface area contributed by atoms with E-state index in [-0.39, 0.29) is 117 Å². The highest BCUT2D eigenvalue weighted by atomic mass is 19.4. The number of pyridine rings is 6. The molecular weight excluding hydrogens is 1110 g/mol. The molecule has 0 aliphatic heterocycles. The first-order valence-corrected chi connectivity index (χ1v) is 25.7. The van der Waals surface area contributed by atoms with Gasteiger partial charge in [-0.15, -0.1) is 0 Å². The standard InChI is InChI=1S/C31H24F3N5O3.C25H18F3N3O4.C6H8N2/c32-31(33,34)26-14-22(27-9-5-21(18-37-27)30(41)39-17-20-2-1-11-36-15-20)12-23-13-25(42-29(23)26)8-7-24(40)6-3-19-4-10-28(35)38-16-19;26-25(27,28)20-11-16(21-7-3-15(13-30-21)24(33)34)9-17-10-19(35-23(17)20)6-5-18(32)4-1-14-2-8-22(29)31-12-14;7-4-6-2-1-3-8-5-6/h1-6,9-16,18H,7-8,17H2,(H2,35,38)(H,39,41);1-4,7-13H,5-6H2,(H2,29,31)(H,33,34);1-3,5H,4,7H2/b6-3+;4-1+;. The number of nitrogens with two attached hydrogens (primary N) is 3. The van der Waals surface area contributed by atoms with Crippen molar-refractivity contribution in [2.24, 2.45) is 5.73 Å². The van der Waals surface area contributed by atoms with Gasteiger partial charge in [-0.1, -0.05) is 12.1 Å². The number of aromatic nitrogens is 6. The van der Waals surface area contributed by atoms with Crippen LogP contribution in [0, 0.1) is 0 Å². The molecule has 0 aliphatic rings. The van der Waals surface area contributed by atoms with E-state index in [4.69, 9.17) is 31.1 Å². The van der Waals surface area contributed by atoms with Crippen LogP contribution in [-0.4, -0.2) is 58.5 Å². The zero-order valence-corrected chi connectivity index (χ0v) is 44.6. The first kappa shape index (κ1) is 60.4. The molecule has 0 fully saturated rings. The van der Waals surface area contributed by atoms with Gasteiger partial charge in [-0.05, 0) is 144 Å². The Morgan fingerprint density at radius 3 is 1.40 bits per heavy atom. The summed E-state index contributed by atoms with van der Waals surface area (Å²) in [5.74, 6) is -0.836. The SMILES string of the molecule is NCc1cccnc1.Nc1ccc(/C=C/C(=O)CCc2cc3cc(-c4ccc(C(=O)NCc5cccnc5)cn4)cc(C(F)(F)F)c3o2)cn1.Nc1ccc(/C=C/C(=O)CCc2cc3cc(-c4ccc(C(=O)O)cn4)cc(C(F)(F)F)c3o2)cn1. The molecule has 0 bridgehead atoms. The molecule has 0 saturated heterocycles. The molecule has 8 N–H and O–H groups in total. The van der Waals surface area contributed by atoms with Crippen LogP contribution in [0.25, 0.3) is 56.6 Å². The summed E-state index contributed by atoms with van der Waals surface area (Å²) in [6.45, 7) is 0.846. The molecule has 0 saturated carbocycles. The summed E-state index contributed by atoms with van der Waals surface area (Å²) in [4.78, 5) is 72.0. The lowest BCUT2D eigenvalue weighted by molar-refractivity contribution is -0.137. The Kier molecular flexibility index (Phi) is 19.5. The van der Waals surface area contributed by atoms with Crippen molar-refractivity contribution in [3.63, 3.8) is 0 Å². The second kappa shape index (κ2) is 27.4. The molecule has 1 amide bonds. The van der Waals surface area contributed by atoms with E-state index in [1.807, 2.05) is 18.2 Å². The van der Waals surface area contributed by atoms with Crippen LogP contribution in [-0.2, 0) is 47.9 Å². The van der Waals surface area contributed by atoms with Gasteiger partial charge in [0, 0.05) is 110 Å². The number of carbonyl (C=O) groups excluding carboxylic acids is 3. The number of benzene rings is 2. The molecule has 23 heteroatoms. The lowest BCUT2D eigenvalue weighted by atomic mass is 10.0. The van der Waals surface area contributed by atoms with Gasteiger partial charge in [-0.3, -0.25) is 34.3 Å². The lowest BCUT2D eigenvalue weighted by Gasteiger charge is -2.10. The zero-order valence-electron chi connectivity index (χ0n) is 44.6. The van der Waals surface area contributed by atoms with Gasteiger partial charge in [-0.25, -0.2) is 14.8 Å². The molecule has 85 heavy (non-hydrogen) atoms. The van der Waals surface area contributed by atoms with Crippen molar-refractivity contribution in [3.05, 3.63) is 227 Å². The Bertz CT molecular complexity index is 4010. The van der Waals surface area contributed by atoms with Gasteiger partial charge < -0.3 is 36.5 Å². The van der Waals surface area contributed by atoms with E-state index >= 15 is 0 Å². The Hall–Kier alpha value is -10.7. The van der Waals surface area contributed by atoms with E-state index in [1.54, 1.807) is 67.3 Å². The van der Waals surface area contributed by atoms with Crippen molar-refractivity contribution in [1.29, 1.82) is 0 Å². The highest BCUT2D eigenvalue weighted by Gasteiger charge is 2.36. The average Bonchev–Trinajstić information content (AvgIpc) is 3.56. The van der Waals surface area contributed by atoms with Crippen LogP contribution in [0.4, 0.5) is 38.0 Å². The van der Waals surface area contributed by atoms with Crippen molar-refractivity contribution >= 4 is 69.2 Å². The smallest absolute Gasteiger partial charge is 0.420 e. The number of nitrogen functional groups attached to an aromatic ring is 2. The number of nitrogens with one attached hydrogen (secondary N) is 1. The van der Waals surface area contributed by atoms with Crippen LogP contribution >= 0.6 is 0 Å². The Morgan fingerprint density at radius 2 is 1.02 bits per heavy atom. The summed E-state index contributed by atoms with van der Waals surface area (Å²) in [5.41, 5.74) is 18.0. The van der Waals surface area contributed by atoms with E-state index in [9.17, 15) is 45.5 Å². The molecule has 432 valence electrons. The number of ketones is 2. The van der Waals surface area contributed by atoms with Crippen molar-refractivity contribution in [2.45, 2.75) is 51.1 Å². The maximum absolute atomic E-state index is 14.0. The molecule has 10 rings (SSSR count). The van der Waals surface area contributed by atoms with Crippen molar-refractivity contribution in [2.75, 3.05) is 11.5 Å². The van der Waals surface area contributed by atoms with E-state index in [0.717, 1.165) is 29.5 Å². The number of amides is 1. The summed E-state index contributed by atoms with van der Waals surface area (Å²) in [7, 11) is 0. The van der Waals surface area contributed by atoms with E-state index in [0.29, 0.717) is 29.3 Å². The number of halogens is 6. The predicted octanol–water partition coefficient (Wildman–Crippen LogP) is 12.0. The van der Waals surface area contributed by atoms with Crippen molar-refractivity contribution in [1.82, 2.24) is 35.2 Å². The normalized spacial score (nSPS) is 11.5. The minimum atomic E-state index is -4.70. The van der Waals surface area contributed by atoms with Gasteiger partial charge >= 0.3 is 18.3 Å². The third-order valence-electron chi connectivity index (χ3n) is 12.5. The maximum atomic E-state index is 14.0. The number of carboxylic acid groups (broad SMARTS) is 1. The Balaban J connectivity index is 0.000000198. The number of aryl methyl sites for hydroxylation is 2. The maximum Gasteiger partial charge on any atom is 0.420 e. The minimum absolute atomic E-state index is 0.0329. The summed E-state index contributed by atoms with van der Waals surface area (Å²) in [5, 5.41) is 12.2. The zero-order chi connectivity index (χ0) is 60.7. The van der Waals surface area contributed by atoms with E-state index in [1.165, 1.54) is 79.3 Å². The Morgan fingerprint density at radius 1 is 0.553 bits per heavy atom. The van der Waals surface area contributed by atoms with Gasteiger partial charge in [0.2, 0.25) is 0 Å². The fourth-order valence-electron chi connectivity index (χ4n) is 8.14. The number of alkyl halides is 6. The van der Waals surface area contributed by atoms with Crippen LogP contribution in [0.15, 0.2) is 180 Å². The predicted molar refractivity (Wildman–Crippen MR) is 305 cm³/mol. The quantitative estimate of drug-likeness (QED) is 0.0418. The highest BCUT2D eigenvalue weighted by molar-refractivity contribution is 5.96. The number of anilines is 2. The van der Waals surface area contributed by atoms with Crippen LogP contribution in [0.2, 0.25) is 0 Å². The Labute approximate surface area is 480 Å². The molecule has 0 radical (unpaired) electrons. The number of rotatable bonds is 17. The summed E-state index contributed by atoms with van der Waals surface area (Å²) in [6.07, 6.45) is 8.99. The molecule has 0 aliphatic carbocycles. The average molecular weight is 1160 g/mol. The topological polar surface area (TPSA) is 282 Å². The van der Waals surface area contributed by atoms with Crippen LogP contribution in [0.5, 0.6) is 0 Å². The molecule has 10 aromatic rings. The number of aromatic carboxylic acids is 1. The fraction of sp³-hybridized carbons (Fsp3) is 0.129.